The van der Waals surface area contributed by atoms with E-state index in [4.69, 9.17) is 9.84 Å². The Bertz CT molecular complexity index is 1160. The van der Waals surface area contributed by atoms with E-state index in [1.165, 1.54) is 17.1 Å². The van der Waals surface area contributed by atoms with Crippen LogP contribution in [0, 0.1) is 0 Å². The number of aliphatic carboxylic acids is 1. The maximum Gasteiger partial charge on any atom is 0.411 e. The molecule has 9 heteroatoms. The van der Waals surface area contributed by atoms with Crippen molar-refractivity contribution in [1.82, 2.24) is 15.1 Å². The van der Waals surface area contributed by atoms with E-state index in [1.54, 1.807) is 6.92 Å². The molecule has 0 radical (unpaired) electrons. The Morgan fingerprint density at radius 2 is 1.74 bits per heavy atom. The van der Waals surface area contributed by atoms with Crippen LogP contribution in [0.1, 0.15) is 36.8 Å². The van der Waals surface area contributed by atoms with Gasteiger partial charge in [-0.3, -0.25) is 19.6 Å². The van der Waals surface area contributed by atoms with E-state index in [1.807, 2.05) is 24.3 Å². The number of hydrogen-bond acceptors (Lipinski definition) is 5. The van der Waals surface area contributed by atoms with Gasteiger partial charge in [0.15, 0.2) is 0 Å². The molecule has 4 rings (SSSR count). The SMILES string of the molecule is CCC(CC(=O)O)NC(=O)Cn1cc(NC(=O)OCC2c3ccccc3-c3ccccc32)cn1. The number of nitrogens with one attached hydrogen (secondary N) is 2. The first-order valence-corrected chi connectivity index (χ1v) is 11.1. The van der Waals surface area contributed by atoms with Crippen LogP contribution in [-0.2, 0) is 20.9 Å². The number of aromatic nitrogens is 2. The summed E-state index contributed by atoms with van der Waals surface area (Å²) >= 11 is 0. The van der Waals surface area contributed by atoms with Crippen molar-refractivity contribution in [2.24, 2.45) is 0 Å². The summed E-state index contributed by atoms with van der Waals surface area (Å²) in [4.78, 5) is 35.4. The first-order chi connectivity index (χ1) is 16.4. The van der Waals surface area contributed by atoms with Crippen molar-refractivity contribution in [1.29, 1.82) is 0 Å². The Balaban J connectivity index is 1.31. The van der Waals surface area contributed by atoms with Gasteiger partial charge in [-0.1, -0.05) is 55.5 Å². The van der Waals surface area contributed by atoms with Gasteiger partial charge >= 0.3 is 12.1 Å². The first-order valence-electron chi connectivity index (χ1n) is 11.1. The minimum absolute atomic E-state index is 0.0399. The molecule has 1 aromatic heterocycles. The summed E-state index contributed by atoms with van der Waals surface area (Å²) in [6.45, 7) is 1.90. The molecule has 1 unspecified atom stereocenters. The Morgan fingerprint density at radius 3 is 2.35 bits per heavy atom. The number of carbonyl (C=O) groups is 3. The predicted octanol–water partition coefficient (Wildman–Crippen LogP) is 3.61. The van der Waals surface area contributed by atoms with Crippen molar-refractivity contribution >= 4 is 23.7 Å². The lowest BCUT2D eigenvalue weighted by atomic mass is 9.98. The lowest BCUT2D eigenvalue weighted by molar-refractivity contribution is -0.137. The molecule has 1 aliphatic carbocycles. The summed E-state index contributed by atoms with van der Waals surface area (Å²) in [5, 5.41) is 18.3. The van der Waals surface area contributed by atoms with Gasteiger partial charge in [-0.05, 0) is 28.7 Å². The van der Waals surface area contributed by atoms with Crippen LogP contribution >= 0.6 is 0 Å². The van der Waals surface area contributed by atoms with Crippen molar-refractivity contribution < 1.29 is 24.2 Å². The minimum atomic E-state index is -0.971. The normalized spacial score (nSPS) is 13.0. The van der Waals surface area contributed by atoms with E-state index in [2.05, 4.69) is 40.0 Å². The molecule has 1 aliphatic rings. The highest BCUT2D eigenvalue weighted by atomic mass is 16.5. The zero-order valence-electron chi connectivity index (χ0n) is 18.7. The van der Waals surface area contributed by atoms with Gasteiger partial charge in [-0.15, -0.1) is 0 Å². The maximum atomic E-state index is 12.4. The van der Waals surface area contributed by atoms with E-state index < -0.39 is 18.1 Å². The highest BCUT2D eigenvalue weighted by molar-refractivity contribution is 5.85. The molecule has 1 atom stereocenters. The zero-order valence-corrected chi connectivity index (χ0v) is 18.7. The van der Waals surface area contributed by atoms with Crippen LogP contribution in [0.5, 0.6) is 0 Å². The number of rotatable bonds is 9. The number of carboxylic acids is 1. The summed E-state index contributed by atoms with van der Waals surface area (Å²) < 4.78 is 6.88. The Morgan fingerprint density at radius 1 is 1.09 bits per heavy atom. The number of benzene rings is 2. The van der Waals surface area contributed by atoms with Gasteiger partial charge in [0.2, 0.25) is 5.91 Å². The van der Waals surface area contributed by atoms with E-state index in [-0.39, 0.29) is 31.4 Å². The number of anilines is 1. The highest BCUT2D eigenvalue weighted by Crippen LogP contribution is 2.44. The second kappa shape index (κ2) is 10.2. The third-order valence-corrected chi connectivity index (χ3v) is 5.81. The third kappa shape index (κ3) is 5.25. The largest absolute Gasteiger partial charge is 0.481 e. The molecule has 0 saturated heterocycles. The standard InChI is InChI=1S/C25H26N4O5/c1-2-16(11-24(31)32)27-23(30)14-29-13-17(12-26-29)28-25(33)34-15-22-20-9-5-3-7-18(20)19-8-4-6-10-21(19)22/h3-10,12-13,16,22H,2,11,14-15H2,1H3,(H,27,30)(H,28,33)(H,31,32). The van der Waals surface area contributed by atoms with Crippen molar-refractivity contribution in [3.8, 4) is 11.1 Å². The fourth-order valence-electron chi connectivity index (χ4n) is 4.20. The van der Waals surface area contributed by atoms with Crippen LogP contribution < -0.4 is 10.6 Å². The van der Waals surface area contributed by atoms with Gasteiger partial charge in [-0.2, -0.15) is 5.10 Å². The second-order valence-corrected chi connectivity index (χ2v) is 8.15. The molecule has 0 spiro atoms. The molecule has 0 fully saturated rings. The molecular weight excluding hydrogens is 436 g/mol. The molecule has 0 bridgehead atoms. The third-order valence-electron chi connectivity index (χ3n) is 5.81. The van der Waals surface area contributed by atoms with Crippen molar-refractivity contribution in [3.63, 3.8) is 0 Å². The molecular formula is C25H26N4O5. The van der Waals surface area contributed by atoms with Gasteiger partial charge in [0.05, 0.1) is 18.3 Å². The Hall–Kier alpha value is -4.14. The van der Waals surface area contributed by atoms with Gasteiger partial charge < -0.3 is 15.2 Å². The topological polar surface area (TPSA) is 123 Å². The molecule has 9 nitrogen and oxygen atoms in total. The number of amides is 2. The molecule has 0 saturated carbocycles. The fraction of sp³-hybridized carbons (Fsp3) is 0.280. The van der Waals surface area contributed by atoms with Crippen molar-refractivity contribution in [2.45, 2.75) is 38.3 Å². The fourth-order valence-corrected chi connectivity index (χ4v) is 4.20. The van der Waals surface area contributed by atoms with E-state index in [9.17, 15) is 14.4 Å². The van der Waals surface area contributed by atoms with Gasteiger partial charge in [0.1, 0.15) is 13.2 Å². The zero-order chi connectivity index (χ0) is 24.1. The molecule has 1 heterocycles. The molecule has 176 valence electrons. The van der Waals surface area contributed by atoms with Gasteiger partial charge in [-0.25, -0.2) is 4.79 Å². The smallest absolute Gasteiger partial charge is 0.411 e. The number of ether oxygens (including phenoxy) is 1. The molecule has 2 amide bonds. The van der Waals surface area contributed by atoms with Crippen LogP contribution in [0.2, 0.25) is 0 Å². The maximum absolute atomic E-state index is 12.4. The van der Waals surface area contributed by atoms with Gasteiger partial charge in [0.25, 0.3) is 0 Å². The molecule has 3 N–H and O–H groups in total. The lowest BCUT2D eigenvalue weighted by Gasteiger charge is -2.14. The van der Waals surface area contributed by atoms with Crippen LogP contribution in [0.4, 0.5) is 10.5 Å². The number of carboxylic acid groups (broad SMARTS) is 1. The molecule has 34 heavy (non-hydrogen) atoms. The highest BCUT2D eigenvalue weighted by Gasteiger charge is 2.29. The number of carbonyl (C=O) groups excluding carboxylic acids is 2. The number of nitrogens with zero attached hydrogens (tertiary/aromatic N) is 2. The van der Waals surface area contributed by atoms with E-state index in [0.29, 0.717) is 12.1 Å². The second-order valence-electron chi connectivity index (χ2n) is 8.15. The molecule has 3 aromatic rings. The van der Waals surface area contributed by atoms with Crippen LogP contribution in [-0.4, -0.2) is 45.5 Å². The van der Waals surface area contributed by atoms with Gasteiger partial charge in [0, 0.05) is 18.2 Å². The Labute approximate surface area is 196 Å². The van der Waals surface area contributed by atoms with E-state index in [0.717, 1.165) is 22.3 Å². The number of hydrogen-bond donors (Lipinski definition) is 3. The molecule has 0 aliphatic heterocycles. The van der Waals surface area contributed by atoms with Crippen LogP contribution in [0.3, 0.4) is 0 Å². The summed E-state index contributed by atoms with van der Waals surface area (Å²) in [6, 6.07) is 15.8. The summed E-state index contributed by atoms with van der Waals surface area (Å²) in [6.07, 6.45) is 2.68. The quantitative estimate of drug-likeness (QED) is 0.446. The monoisotopic (exact) mass is 462 g/mol. The van der Waals surface area contributed by atoms with Crippen molar-refractivity contribution in [3.05, 3.63) is 72.1 Å². The van der Waals surface area contributed by atoms with Crippen LogP contribution in [0.25, 0.3) is 11.1 Å². The predicted molar refractivity (Wildman–Crippen MR) is 125 cm³/mol. The van der Waals surface area contributed by atoms with E-state index >= 15 is 0 Å². The van der Waals surface area contributed by atoms with Crippen LogP contribution in [0.15, 0.2) is 60.9 Å². The Kier molecular flexibility index (Phi) is 6.91. The molecule has 2 aromatic carbocycles. The summed E-state index contributed by atoms with van der Waals surface area (Å²) in [7, 11) is 0. The average molecular weight is 463 g/mol. The first kappa shape index (κ1) is 23.0. The summed E-state index contributed by atoms with van der Waals surface area (Å²) in [5.74, 6) is -1.37. The minimum Gasteiger partial charge on any atom is -0.481 e. The summed E-state index contributed by atoms with van der Waals surface area (Å²) in [5.41, 5.74) is 4.95. The lowest BCUT2D eigenvalue weighted by Crippen LogP contribution is -2.38. The van der Waals surface area contributed by atoms with Crippen molar-refractivity contribution in [2.75, 3.05) is 11.9 Å². The average Bonchev–Trinajstić information content (AvgIpc) is 3.38. The number of fused-ring (bicyclic) bond motifs is 3.